The lowest BCUT2D eigenvalue weighted by molar-refractivity contribution is 0.0519. The van der Waals surface area contributed by atoms with Crippen LogP contribution in [0.5, 0.6) is 0 Å². The molecule has 1 aromatic heterocycles. The van der Waals surface area contributed by atoms with Crippen molar-refractivity contribution in [3.8, 4) is 0 Å². The molecule has 5 heteroatoms. The van der Waals surface area contributed by atoms with Crippen LogP contribution in [0.1, 0.15) is 20.8 Å². The minimum absolute atomic E-state index is 0.304. The highest BCUT2D eigenvalue weighted by atomic mass is 19.1. The van der Waals surface area contributed by atoms with Crippen molar-refractivity contribution in [2.75, 3.05) is 0 Å². The van der Waals surface area contributed by atoms with Crippen molar-refractivity contribution in [2.24, 2.45) is 0 Å². The Hall–Kier alpha value is -1.91. The van der Waals surface area contributed by atoms with Gasteiger partial charge in [0.05, 0.1) is 10.9 Å². The standard InChI is InChI=1S/C12H13FN2O2/c1-12(2,3)17-11(16)15-9-7-5-4-6-8(9)10(13)14-15/h4-7H,1-3H3. The second-order valence-corrected chi connectivity index (χ2v) is 4.70. The summed E-state index contributed by atoms with van der Waals surface area (Å²) in [5.41, 5.74) is -0.236. The van der Waals surface area contributed by atoms with Gasteiger partial charge in [0.15, 0.2) is 0 Å². The number of carbonyl (C=O) groups excluding carboxylic acids is 1. The Morgan fingerprint density at radius 1 is 1.35 bits per heavy atom. The summed E-state index contributed by atoms with van der Waals surface area (Å²) >= 11 is 0. The minimum atomic E-state index is -0.683. The highest BCUT2D eigenvalue weighted by Gasteiger charge is 2.21. The molecule has 1 heterocycles. The fraction of sp³-hybridized carbons (Fsp3) is 0.333. The largest absolute Gasteiger partial charge is 0.442 e. The first-order valence-corrected chi connectivity index (χ1v) is 5.25. The molecule has 0 bridgehead atoms. The molecular weight excluding hydrogens is 223 g/mol. The quantitative estimate of drug-likeness (QED) is 0.706. The smallest absolute Gasteiger partial charge is 0.435 e. The van der Waals surface area contributed by atoms with E-state index in [9.17, 15) is 9.18 Å². The molecular formula is C12H13FN2O2. The lowest BCUT2D eigenvalue weighted by atomic mass is 10.2. The number of fused-ring (bicyclic) bond motifs is 1. The SMILES string of the molecule is CC(C)(C)OC(=O)n1nc(F)c2ccccc21. The maximum atomic E-state index is 13.5. The number of aromatic nitrogens is 2. The highest BCUT2D eigenvalue weighted by molar-refractivity contribution is 5.87. The summed E-state index contributed by atoms with van der Waals surface area (Å²) in [6, 6.07) is 6.59. The average Bonchev–Trinajstić information content (AvgIpc) is 2.55. The van der Waals surface area contributed by atoms with E-state index in [2.05, 4.69) is 5.10 Å². The maximum Gasteiger partial charge on any atom is 0.435 e. The van der Waals surface area contributed by atoms with Gasteiger partial charge in [0.25, 0.3) is 0 Å². The Bertz CT molecular complexity index is 569. The van der Waals surface area contributed by atoms with Crippen LogP contribution in [-0.4, -0.2) is 21.5 Å². The van der Waals surface area contributed by atoms with E-state index in [4.69, 9.17) is 4.74 Å². The van der Waals surface area contributed by atoms with Gasteiger partial charge in [-0.05, 0) is 32.9 Å². The van der Waals surface area contributed by atoms with Gasteiger partial charge in [0.1, 0.15) is 5.60 Å². The van der Waals surface area contributed by atoms with Gasteiger partial charge in [0, 0.05) is 0 Å². The Labute approximate surface area is 98.0 Å². The van der Waals surface area contributed by atoms with E-state index in [-0.39, 0.29) is 0 Å². The second kappa shape index (κ2) is 3.84. The van der Waals surface area contributed by atoms with E-state index in [1.165, 1.54) is 0 Å². The molecule has 0 saturated heterocycles. The van der Waals surface area contributed by atoms with Gasteiger partial charge in [-0.3, -0.25) is 0 Å². The van der Waals surface area contributed by atoms with Crippen molar-refractivity contribution in [3.63, 3.8) is 0 Å². The van der Waals surface area contributed by atoms with Gasteiger partial charge in [-0.2, -0.15) is 9.07 Å². The van der Waals surface area contributed by atoms with Gasteiger partial charge >= 0.3 is 6.09 Å². The van der Waals surface area contributed by atoms with Crippen LogP contribution in [0.4, 0.5) is 9.18 Å². The van der Waals surface area contributed by atoms with Crippen LogP contribution in [-0.2, 0) is 4.74 Å². The van der Waals surface area contributed by atoms with E-state index in [1.54, 1.807) is 45.0 Å². The summed E-state index contributed by atoms with van der Waals surface area (Å²) in [5, 5.41) is 3.85. The number of carbonyl (C=O) groups is 1. The molecule has 0 fully saturated rings. The molecule has 0 atom stereocenters. The van der Waals surface area contributed by atoms with E-state index < -0.39 is 17.6 Å². The minimum Gasteiger partial charge on any atom is -0.442 e. The number of ether oxygens (including phenoxy) is 1. The fourth-order valence-electron chi connectivity index (χ4n) is 1.47. The first-order chi connectivity index (χ1) is 7.88. The maximum absolute atomic E-state index is 13.5. The zero-order valence-electron chi connectivity index (χ0n) is 9.90. The molecule has 0 unspecified atom stereocenters. The zero-order valence-corrected chi connectivity index (χ0v) is 9.90. The number of rotatable bonds is 0. The van der Waals surface area contributed by atoms with Gasteiger partial charge in [-0.25, -0.2) is 4.79 Å². The first-order valence-electron chi connectivity index (χ1n) is 5.25. The van der Waals surface area contributed by atoms with Gasteiger partial charge in [-0.1, -0.05) is 12.1 Å². The van der Waals surface area contributed by atoms with Crippen molar-refractivity contribution in [1.82, 2.24) is 9.78 Å². The fourth-order valence-corrected chi connectivity index (χ4v) is 1.47. The van der Waals surface area contributed by atoms with E-state index >= 15 is 0 Å². The molecule has 0 aliphatic heterocycles. The second-order valence-electron chi connectivity index (χ2n) is 4.70. The summed E-state index contributed by atoms with van der Waals surface area (Å²) in [7, 11) is 0. The topological polar surface area (TPSA) is 44.1 Å². The predicted octanol–water partition coefficient (Wildman–Crippen LogP) is 2.96. The summed E-state index contributed by atoms with van der Waals surface area (Å²) in [5.74, 6) is -0.675. The third-order valence-electron chi connectivity index (χ3n) is 2.11. The van der Waals surface area contributed by atoms with E-state index in [0.717, 1.165) is 4.68 Å². The number of benzene rings is 1. The molecule has 0 aliphatic rings. The summed E-state index contributed by atoms with van der Waals surface area (Å²) in [6.07, 6.45) is -0.683. The Kier molecular flexibility index (Phi) is 2.61. The number of hydrogen-bond acceptors (Lipinski definition) is 3. The Morgan fingerprint density at radius 3 is 2.65 bits per heavy atom. The molecule has 2 aromatic rings. The molecule has 4 nitrogen and oxygen atoms in total. The van der Waals surface area contributed by atoms with Crippen LogP contribution in [0, 0.1) is 5.95 Å². The molecule has 0 N–H and O–H groups in total. The number of halogens is 1. The van der Waals surface area contributed by atoms with Crippen LogP contribution in [0.15, 0.2) is 24.3 Å². The molecule has 0 radical (unpaired) electrons. The van der Waals surface area contributed by atoms with Crippen LogP contribution >= 0.6 is 0 Å². The Balaban J connectivity index is 2.46. The number of hydrogen-bond donors (Lipinski definition) is 0. The van der Waals surface area contributed by atoms with Crippen LogP contribution in [0.25, 0.3) is 10.9 Å². The summed E-state index contributed by atoms with van der Waals surface area (Å²) < 4.78 is 19.5. The van der Waals surface area contributed by atoms with Crippen molar-refractivity contribution >= 4 is 17.0 Å². The van der Waals surface area contributed by atoms with Crippen molar-refractivity contribution in [3.05, 3.63) is 30.2 Å². The average molecular weight is 236 g/mol. The molecule has 0 amide bonds. The molecule has 1 aromatic carbocycles. The van der Waals surface area contributed by atoms with Crippen molar-refractivity contribution in [1.29, 1.82) is 0 Å². The predicted molar refractivity (Wildman–Crippen MR) is 61.3 cm³/mol. The van der Waals surface area contributed by atoms with Gasteiger partial charge in [0.2, 0.25) is 5.95 Å². The van der Waals surface area contributed by atoms with Crippen LogP contribution in [0.2, 0.25) is 0 Å². The van der Waals surface area contributed by atoms with Gasteiger partial charge in [-0.15, -0.1) is 5.10 Å². The van der Waals surface area contributed by atoms with E-state index in [1.807, 2.05) is 0 Å². The Morgan fingerprint density at radius 2 is 2.00 bits per heavy atom. The molecule has 17 heavy (non-hydrogen) atoms. The monoisotopic (exact) mass is 236 g/mol. The highest BCUT2D eigenvalue weighted by Crippen LogP contribution is 2.18. The molecule has 0 saturated carbocycles. The lowest BCUT2D eigenvalue weighted by Crippen LogP contribution is -2.27. The van der Waals surface area contributed by atoms with Crippen molar-refractivity contribution in [2.45, 2.75) is 26.4 Å². The number of para-hydroxylation sites is 1. The molecule has 90 valence electrons. The van der Waals surface area contributed by atoms with E-state index in [0.29, 0.717) is 10.9 Å². The normalized spacial score (nSPS) is 11.8. The van der Waals surface area contributed by atoms with Crippen molar-refractivity contribution < 1.29 is 13.9 Å². The summed E-state index contributed by atoms with van der Waals surface area (Å²) in [4.78, 5) is 11.8. The molecule has 2 rings (SSSR count). The summed E-state index contributed by atoms with van der Waals surface area (Å²) in [6.45, 7) is 5.23. The lowest BCUT2D eigenvalue weighted by Gasteiger charge is -2.19. The molecule has 0 spiro atoms. The van der Waals surface area contributed by atoms with Crippen LogP contribution in [0.3, 0.4) is 0 Å². The van der Waals surface area contributed by atoms with Crippen LogP contribution < -0.4 is 0 Å². The third kappa shape index (κ3) is 2.27. The zero-order chi connectivity index (χ0) is 12.6. The van der Waals surface area contributed by atoms with Gasteiger partial charge < -0.3 is 4.74 Å². The number of nitrogens with zero attached hydrogens (tertiary/aromatic N) is 2. The molecule has 0 aliphatic carbocycles. The third-order valence-corrected chi connectivity index (χ3v) is 2.11. The first kappa shape index (κ1) is 11.6.